The number of benzene rings is 2. The normalized spacial score (nSPS) is 15.3. The van der Waals surface area contributed by atoms with Crippen molar-refractivity contribution in [2.24, 2.45) is 0 Å². The van der Waals surface area contributed by atoms with Gasteiger partial charge in [-0.25, -0.2) is 13.6 Å². The molecule has 1 aliphatic rings. The molecule has 2 amide bonds. The average molecular weight is 565 g/mol. The van der Waals surface area contributed by atoms with Crippen LogP contribution in [0.15, 0.2) is 71.8 Å². The number of hydrogen-bond donors (Lipinski definition) is 3. The van der Waals surface area contributed by atoms with Crippen molar-refractivity contribution in [1.82, 2.24) is 9.55 Å². The summed E-state index contributed by atoms with van der Waals surface area (Å²) in [7, 11) is 0. The van der Waals surface area contributed by atoms with E-state index in [0.717, 1.165) is 18.2 Å². The summed E-state index contributed by atoms with van der Waals surface area (Å²) in [6.45, 7) is 0. The van der Waals surface area contributed by atoms with E-state index in [0.29, 0.717) is 47.5 Å². The SMILES string of the molecule is O=C(O)Nc1ccc2c(c1)NC(=O)CCCC[C@H](n1ccc(-c3c(F)ccc(Cl)c3F)cc1=O)c1cc-2ccn1. The summed E-state index contributed by atoms with van der Waals surface area (Å²) in [5.74, 6) is -2.01. The second-order valence-corrected chi connectivity index (χ2v) is 9.76. The lowest BCUT2D eigenvalue weighted by Crippen LogP contribution is -2.25. The Kier molecular flexibility index (Phi) is 7.61. The molecule has 2 bridgehead atoms. The molecular formula is C29H23ClF2N4O4. The summed E-state index contributed by atoms with van der Waals surface area (Å²) in [6, 6.07) is 12.6. The summed E-state index contributed by atoms with van der Waals surface area (Å²) in [4.78, 5) is 41.6. The maximum absolute atomic E-state index is 14.6. The molecule has 0 saturated carbocycles. The van der Waals surface area contributed by atoms with E-state index in [1.807, 2.05) is 0 Å². The lowest BCUT2D eigenvalue weighted by atomic mass is 9.97. The second-order valence-electron chi connectivity index (χ2n) is 9.35. The van der Waals surface area contributed by atoms with Gasteiger partial charge in [-0.1, -0.05) is 24.1 Å². The van der Waals surface area contributed by atoms with E-state index in [4.69, 9.17) is 16.7 Å². The minimum atomic E-state index is -1.23. The highest BCUT2D eigenvalue weighted by Crippen LogP contribution is 2.35. The van der Waals surface area contributed by atoms with Crippen LogP contribution in [0.5, 0.6) is 0 Å². The molecular weight excluding hydrogens is 542 g/mol. The van der Waals surface area contributed by atoms with Crippen LogP contribution in [0.4, 0.5) is 25.0 Å². The number of carbonyl (C=O) groups excluding carboxylic acids is 1. The first kappa shape index (κ1) is 27.0. The van der Waals surface area contributed by atoms with Gasteiger partial charge >= 0.3 is 6.09 Å². The lowest BCUT2D eigenvalue weighted by Gasteiger charge is -2.22. The van der Waals surface area contributed by atoms with Crippen LogP contribution < -0.4 is 16.2 Å². The Morgan fingerprint density at radius 2 is 1.88 bits per heavy atom. The molecule has 3 N–H and O–H groups in total. The number of carbonyl (C=O) groups is 2. The van der Waals surface area contributed by atoms with Gasteiger partial charge in [0.15, 0.2) is 5.82 Å². The molecule has 0 spiro atoms. The Bertz CT molecular complexity index is 1690. The number of carboxylic acid groups (broad SMARTS) is 1. The van der Waals surface area contributed by atoms with Gasteiger partial charge in [0.25, 0.3) is 5.56 Å². The van der Waals surface area contributed by atoms with Crippen molar-refractivity contribution in [3.8, 4) is 22.3 Å². The van der Waals surface area contributed by atoms with Crippen LogP contribution >= 0.6 is 11.6 Å². The van der Waals surface area contributed by atoms with Crippen molar-refractivity contribution < 1.29 is 23.5 Å². The molecule has 4 aromatic rings. The van der Waals surface area contributed by atoms with Gasteiger partial charge < -0.3 is 15.0 Å². The number of anilines is 2. The van der Waals surface area contributed by atoms with Gasteiger partial charge in [-0.15, -0.1) is 0 Å². The minimum absolute atomic E-state index is 0.0602. The second kappa shape index (κ2) is 11.3. The molecule has 204 valence electrons. The molecule has 40 heavy (non-hydrogen) atoms. The first-order valence-corrected chi connectivity index (χ1v) is 12.9. The van der Waals surface area contributed by atoms with Crippen LogP contribution in [0.25, 0.3) is 22.3 Å². The Morgan fingerprint density at radius 1 is 1.05 bits per heavy atom. The molecule has 1 atom stereocenters. The number of nitrogens with one attached hydrogen (secondary N) is 2. The average Bonchev–Trinajstić information content (AvgIpc) is 2.91. The highest BCUT2D eigenvalue weighted by atomic mass is 35.5. The molecule has 11 heteroatoms. The molecule has 5 rings (SSSR count). The van der Waals surface area contributed by atoms with Crippen LogP contribution in [0.3, 0.4) is 0 Å². The third-order valence-electron chi connectivity index (χ3n) is 6.73. The predicted molar refractivity (Wildman–Crippen MR) is 148 cm³/mol. The lowest BCUT2D eigenvalue weighted by molar-refractivity contribution is -0.116. The van der Waals surface area contributed by atoms with Crippen LogP contribution in [0, 0.1) is 11.6 Å². The van der Waals surface area contributed by atoms with E-state index in [2.05, 4.69) is 15.6 Å². The number of fused-ring (bicyclic) bond motifs is 4. The first-order valence-electron chi connectivity index (χ1n) is 12.5. The Morgan fingerprint density at radius 3 is 2.65 bits per heavy atom. The number of halogens is 3. The summed E-state index contributed by atoms with van der Waals surface area (Å²) in [5.41, 5.74) is 1.84. The maximum atomic E-state index is 14.6. The van der Waals surface area contributed by atoms with E-state index in [1.54, 1.807) is 36.5 Å². The molecule has 0 saturated heterocycles. The zero-order valence-electron chi connectivity index (χ0n) is 21.0. The van der Waals surface area contributed by atoms with E-state index in [9.17, 15) is 23.2 Å². The van der Waals surface area contributed by atoms with Crippen molar-refractivity contribution in [3.63, 3.8) is 0 Å². The van der Waals surface area contributed by atoms with Crippen molar-refractivity contribution in [2.75, 3.05) is 10.6 Å². The minimum Gasteiger partial charge on any atom is -0.465 e. The smallest absolute Gasteiger partial charge is 0.409 e. The monoisotopic (exact) mass is 564 g/mol. The third kappa shape index (κ3) is 5.57. The van der Waals surface area contributed by atoms with Gasteiger partial charge in [0.2, 0.25) is 5.91 Å². The number of nitrogens with zero attached hydrogens (tertiary/aromatic N) is 2. The summed E-state index contributed by atoms with van der Waals surface area (Å²) in [6.07, 6.45) is 3.65. The highest BCUT2D eigenvalue weighted by Gasteiger charge is 2.22. The van der Waals surface area contributed by atoms with Gasteiger partial charge in [0, 0.05) is 36.1 Å². The number of aromatic nitrogens is 2. The van der Waals surface area contributed by atoms with E-state index >= 15 is 0 Å². The number of hydrogen-bond acceptors (Lipinski definition) is 4. The fourth-order valence-corrected chi connectivity index (χ4v) is 5.02. The number of rotatable bonds is 3. The fourth-order valence-electron chi connectivity index (χ4n) is 4.86. The molecule has 3 heterocycles. The molecule has 2 aromatic heterocycles. The van der Waals surface area contributed by atoms with E-state index < -0.39 is 29.3 Å². The van der Waals surface area contributed by atoms with E-state index in [-0.39, 0.29) is 28.5 Å². The zero-order valence-corrected chi connectivity index (χ0v) is 21.7. The van der Waals surface area contributed by atoms with E-state index in [1.165, 1.54) is 16.8 Å². The van der Waals surface area contributed by atoms with Crippen LogP contribution in [-0.4, -0.2) is 26.7 Å². The largest absolute Gasteiger partial charge is 0.465 e. The standard InChI is InChI=1S/C29H23ClF2N4O4/c30-20-7-8-21(31)27(28(20)32)17-10-12-36(26(38)14-17)24-3-1-2-4-25(37)35-22-15-18(34-29(39)40)5-6-19(22)16-9-11-33-23(24)13-16/h5-15,24,34H,1-4H2,(H,35,37)(H,39,40)/t24-/m0/s1. The molecule has 8 nitrogen and oxygen atoms in total. The van der Waals surface area contributed by atoms with Crippen molar-refractivity contribution in [2.45, 2.75) is 31.7 Å². The molecule has 0 fully saturated rings. The molecule has 2 aromatic carbocycles. The van der Waals surface area contributed by atoms with Gasteiger partial charge in [-0.3, -0.25) is 19.9 Å². The van der Waals surface area contributed by atoms with Crippen molar-refractivity contribution >= 4 is 35.0 Å². The predicted octanol–water partition coefficient (Wildman–Crippen LogP) is 6.70. The Balaban J connectivity index is 1.58. The van der Waals surface area contributed by atoms with Crippen molar-refractivity contribution in [1.29, 1.82) is 0 Å². The van der Waals surface area contributed by atoms with Crippen LogP contribution in [0.1, 0.15) is 37.4 Å². The molecule has 1 aliphatic heterocycles. The van der Waals surface area contributed by atoms with Gasteiger partial charge in [0.05, 0.1) is 28.0 Å². The quantitative estimate of drug-likeness (QED) is 0.240. The molecule has 0 aliphatic carbocycles. The van der Waals surface area contributed by atoms with Gasteiger partial charge in [-0.2, -0.15) is 0 Å². The number of pyridine rings is 2. The van der Waals surface area contributed by atoms with Crippen molar-refractivity contribution in [3.05, 3.63) is 99.7 Å². The third-order valence-corrected chi connectivity index (χ3v) is 7.02. The highest BCUT2D eigenvalue weighted by molar-refractivity contribution is 6.31. The molecule has 0 unspecified atom stereocenters. The Hall–Kier alpha value is -4.57. The van der Waals surface area contributed by atoms with Crippen LogP contribution in [-0.2, 0) is 4.79 Å². The summed E-state index contributed by atoms with van der Waals surface area (Å²) >= 11 is 5.84. The number of amides is 2. The van der Waals surface area contributed by atoms with Crippen LogP contribution in [0.2, 0.25) is 5.02 Å². The summed E-state index contributed by atoms with van der Waals surface area (Å²) in [5, 5.41) is 14.0. The fraction of sp³-hybridized carbons (Fsp3) is 0.172. The first-order chi connectivity index (χ1) is 19.2. The molecule has 0 radical (unpaired) electrons. The Labute approximate surface area is 232 Å². The zero-order chi connectivity index (χ0) is 28.4. The van der Waals surface area contributed by atoms with Gasteiger partial charge in [-0.05, 0) is 66.4 Å². The van der Waals surface area contributed by atoms with Gasteiger partial charge in [0.1, 0.15) is 5.82 Å². The summed E-state index contributed by atoms with van der Waals surface area (Å²) < 4.78 is 30.5. The topological polar surface area (TPSA) is 113 Å². The maximum Gasteiger partial charge on any atom is 0.409 e.